The molecule has 84 valence electrons. The molecule has 0 spiro atoms. The second kappa shape index (κ2) is 4.74. The van der Waals surface area contributed by atoms with E-state index in [1.54, 1.807) is 11.0 Å². The van der Waals surface area contributed by atoms with Crippen LogP contribution in [-0.2, 0) is 0 Å². The third kappa shape index (κ3) is 2.36. The van der Waals surface area contributed by atoms with Gasteiger partial charge in [-0.3, -0.25) is 0 Å². The van der Waals surface area contributed by atoms with E-state index < -0.39 is 0 Å². The van der Waals surface area contributed by atoms with Gasteiger partial charge in [-0.15, -0.1) is 5.10 Å². The minimum Gasteiger partial charge on any atom is -0.491 e. The first-order valence-corrected chi connectivity index (χ1v) is 5.22. The van der Waals surface area contributed by atoms with Crippen molar-refractivity contribution in [3.05, 3.63) is 30.6 Å². The highest BCUT2D eigenvalue weighted by molar-refractivity contribution is 5.45. The molecule has 0 unspecified atom stereocenters. The number of ether oxygens (including phenoxy) is 1. The van der Waals surface area contributed by atoms with Gasteiger partial charge in [0.2, 0.25) is 0 Å². The molecule has 5 heteroatoms. The second-order valence-corrected chi connectivity index (χ2v) is 3.93. The molecule has 2 aromatic rings. The quantitative estimate of drug-likeness (QED) is 0.783. The number of rotatable bonds is 4. The maximum atomic E-state index is 5.71. The van der Waals surface area contributed by atoms with Gasteiger partial charge in [-0.1, -0.05) is 26.0 Å². The predicted molar refractivity (Wildman–Crippen MR) is 59.5 cm³/mol. The van der Waals surface area contributed by atoms with Crippen LogP contribution < -0.4 is 4.74 Å². The van der Waals surface area contributed by atoms with Crippen LogP contribution in [0.25, 0.3) is 5.69 Å². The largest absolute Gasteiger partial charge is 0.491 e. The lowest BCUT2D eigenvalue weighted by Gasteiger charge is -2.11. The average molecular weight is 218 g/mol. The van der Waals surface area contributed by atoms with Crippen LogP contribution >= 0.6 is 0 Å². The van der Waals surface area contributed by atoms with Crippen LogP contribution in [0.5, 0.6) is 5.75 Å². The number of para-hydroxylation sites is 2. The molecule has 2 rings (SSSR count). The molecule has 0 N–H and O–H groups in total. The first kappa shape index (κ1) is 10.6. The van der Waals surface area contributed by atoms with Gasteiger partial charge in [0.1, 0.15) is 17.8 Å². The van der Waals surface area contributed by atoms with E-state index in [4.69, 9.17) is 4.74 Å². The van der Waals surface area contributed by atoms with Crippen molar-refractivity contribution in [1.29, 1.82) is 0 Å². The first-order chi connectivity index (χ1) is 7.77. The molecule has 0 aliphatic carbocycles. The van der Waals surface area contributed by atoms with Gasteiger partial charge in [0.15, 0.2) is 0 Å². The molecule has 0 radical (unpaired) electrons. The van der Waals surface area contributed by atoms with Crippen LogP contribution in [0.15, 0.2) is 30.6 Å². The van der Waals surface area contributed by atoms with Gasteiger partial charge in [-0.05, 0) is 28.5 Å². The highest BCUT2D eigenvalue weighted by atomic mass is 16.5. The molecule has 0 bridgehead atoms. The number of nitrogens with zero attached hydrogens (tertiary/aromatic N) is 4. The van der Waals surface area contributed by atoms with E-state index in [1.165, 1.54) is 0 Å². The molecule has 1 heterocycles. The fraction of sp³-hybridized carbons (Fsp3) is 0.364. The van der Waals surface area contributed by atoms with Crippen molar-refractivity contribution in [3.8, 4) is 11.4 Å². The molecule has 0 aliphatic rings. The Kier molecular flexibility index (Phi) is 3.14. The average Bonchev–Trinajstić information content (AvgIpc) is 2.80. The van der Waals surface area contributed by atoms with Gasteiger partial charge in [-0.2, -0.15) is 4.68 Å². The summed E-state index contributed by atoms with van der Waals surface area (Å²) in [5.41, 5.74) is 0.855. The number of hydrogen-bond donors (Lipinski definition) is 0. The summed E-state index contributed by atoms with van der Waals surface area (Å²) in [4.78, 5) is 0. The van der Waals surface area contributed by atoms with E-state index in [9.17, 15) is 0 Å². The third-order valence-corrected chi connectivity index (χ3v) is 2.03. The zero-order valence-corrected chi connectivity index (χ0v) is 9.37. The van der Waals surface area contributed by atoms with Gasteiger partial charge in [-0.25, -0.2) is 0 Å². The highest BCUT2D eigenvalue weighted by Gasteiger charge is 2.06. The second-order valence-electron chi connectivity index (χ2n) is 3.93. The maximum Gasteiger partial charge on any atom is 0.145 e. The summed E-state index contributed by atoms with van der Waals surface area (Å²) >= 11 is 0. The van der Waals surface area contributed by atoms with Crippen molar-refractivity contribution in [3.63, 3.8) is 0 Å². The summed E-state index contributed by atoms with van der Waals surface area (Å²) < 4.78 is 7.30. The van der Waals surface area contributed by atoms with Crippen LogP contribution in [0.1, 0.15) is 13.8 Å². The summed E-state index contributed by atoms with van der Waals surface area (Å²) in [6.07, 6.45) is 1.55. The summed E-state index contributed by atoms with van der Waals surface area (Å²) in [5, 5.41) is 11.1. The molecular formula is C11H14N4O. The zero-order chi connectivity index (χ0) is 11.4. The van der Waals surface area contributed by atoms with Crippen molar-refractivity contribution in [1.82, 2.24) is 20.2 Å². The normalized spacial score (nSPS) is 10.7. The van der Waals surface area contributed by atoms with Crippen molar-refractivity contribution >= 4 is 0 Å². The van der Waals surface area contributed by atoms with E-state index in [0.29, 0.717) is 12.5 Å². The summed E-state index contributed by atoms with van der Waals surface area (Å²) in [6, 6.07) is 7.70. The first-order valence-electron chi connectivity index (χ1n) is 5.22. The van der Waals surface area contributed by atoms with Crippen LogP contribution in [0, 0.1) is 5.92 Å². The van der Waals surface area contributed by atoms with Crippen LogP contribution in [0.2, 0.25) is 0 Å². The maximum absolute atomic E-state index is 5.71. The Morgan fingerprint density at radius 3 is 2.81 bits per heavy atom. The topological polar surface area (TPSA) is 52.8 Å². The van der Waals surface area contributed by atoms with Crippen molar-refractivity contribution in [2.45, 2.75) is 13.8 Å². The van der Waals surface area contributed by atoms with Gasteiger partial charge >= 0.3 is 0 Å². The molecule has 0 aliphatic heterocycles. The molecular weight excluding hydrogens is 204 g/mol. The summed E-state index contributed by atoms with van der Waals surface area (Å²) in [6.45, 7) is 4.90. The fourth-order valence-corrected chi connectivity index (χ4v) is 1.30. The number of hydrogen-bond acceptors (Lipinski definition) is 4. The Morgan fingerprint density at radius 2 is 2.12 bits per heavy atom. The van der Waals surface area contributed by atoms with Crippen LogP contribution in [-0.4, -0.2) is 26.8 Å². The third-order valence-electron chi connectivity index (χ3n) is 2.03. The lowest BCUT2D eigenvalue weighted by atomic mass is 10.2. The van der Waals surface area contributed by atoms with E-state index in [-0.39, 0.29) is 0 Å². The molecule has 5 nitrogen and oxygen atoms in total. The molecule has 0 fully saturated rings. The molecule has 0 saturated heterocycles. The van der Waals surface area contributed by atoms with E-state index in [0.717, 1.165) is 11.4 Å². The molecule has 0 atom stereocenters. The Balaban J connectivity index is 2.24. The molecule has 0 amide bonds. The molecule has 1 aromatic heterocycles. The number of benzene rings is 1. The Hall–Kier alpha value is -1.91. The minimum atomic E-state index is 0.488. The lowest BCUT2D eigenvalue weighted by Crippen LogP contribution is -2.07. The lowest BCUT2D eigenvalue weighted by molar-refractivity contribution is 0.270. The summed E-state index contributed by atoms with van der Waals surface area (Å²) in [7, 11) is 0. The van der Waals surface area contributed by atoms with Gasteiger partial charge in [0.05, 0.1) is 6.61 Å². The van der Waals surface area contributed by atoms with Gasteiger partial charge < -0.3 is 4.74 Å². The highest BCUT2D eigenvalue weighted by Crippen LogP contribution is 2.21. The SMILES string of the molecule is CC(C)COc1ccccc1-n1cnnn1. The Bertz CT molecular complexity index is 439. The molecule has 0 saturated carbocycles. The Morgan fingerprint density at radius 1 is 1.31 bits per heavy atom. The van der Waals surface area contributed by atoms with Crippen molar-refractivity contribution in [2.24, 2.45) is 5.92 Å². The minimum absolute atomic E-state index is 0.488. The van der Waals surface area contributed by atoms with Crippen molar-refractivity contribution < 1.29 is 4.74 Å². The van der Waals surface area contributed by atoms with E-state index in [1.807, 2.05) is 24.3 Å². The van der Waals surface area contributed by atoms with Gasteiger partial charge in [0.25, 0.3) is 0 Å². The Labute approximate surface area is 94.0 Å². The smallest absolute Gasteiger partial charge is 0.145 e. The zero-order valence-electron chi connectivity index (χ0n) is 9.37. The fourth-order valence-electron chi connectivity index (χ4n) is 1.30. The van der Waals surface area contributed by atoms with Crippen molar-refractivity contribution in [2.75, 3.05) is 6.61 Å². The summed E-state index contributed by atoms with van der Waals surface area (Å²) in [5.74, 6) is 1.28. The molecule has 1 aromatic carbocycles. The molecule has 16 heavy (non-hydrogen) atoms. The number of tetrazole rings is 1. The van der Waals surface area contributed by atoms with Gasteiger partial charge in [0, 0.05) is 0 Å². The number of aromatic nitrogens is 4. The predicted octanol–water partition coefficient (Wildman–Crippen LogP) is 1.70. The van der Waals surface area contributed by atoms with Crippen LogP contribution in [0.3, 0.4) is 0 Å². The monoisotopic (exact) mass is 218 g/mol. The van der Waals surface area contributed by atoms with Crippen LogP contribution in [0.4, 0.5) is 0 Å². The van der Waals surface area contributed by atoms with E-state index >= 15 is 0 Å². The van der Waals surface area contributed by atoms with E-state index in [2.05, 4.69) is 29.4 Å². The standard InChI is InChI=1S/C11H14N4O/c1-9(2)7-16-11-6-4-3-5-10(11)15-8-12-13-14-15/h3-6,8-9H,7H2,1-2H3.